The minimum absolute atomic E-state index is 0.142. The molecule has 0 saturated heterocycles. The van der Waals surface area contributed by atoms with E-state index >= 15 is 0 Å². The monoisotopic (exact) mass is 610 g/mol. The molecule has 6 aromatic rings. The summed E-state index contributed by atoms with van der Waals surface area (Å²) in [5.74, 6) is 0.597. The van der Waals surface area contributed by atoms with Crippen molar-refractivity contribution < 1.29 is 0 Å². The topological polar surface area (TPSA) is 6.48 Å². The molecule has 1 saturated carbocycles. The number of benzene rings is 6. The van der Waals surface area contributed by atoms with E-state index in [1.165, 1.54) is 86.1 Å². The molecule has 6 aromatic carbocycles. The normalized spacial score (nSPS) is 20.4. The van der Waals surface area contributed by atoms with Crippen LogP contribution in [0.1, 0.15) is 50.5 Å². The summed E-state index contributed by atoms with van der Waals surface area (Å²) in [5, 5.41) is 2.59. The van der Waals surface area contributed by atoms with E-state index in [1.807, 2.05) is 11.8 Å². The van der Waals surface area contributed by atoms with Crippen LogP contribution in [0.25, 0.3) is 10.8 Å². The van der Waals surface area contributed by atoms with Gasteiger partial charge in [-0.15, -0.1) is 0 Å². The summed E-state index contributed by atoms with van der Waals surface area (Å²) in [6.45, 7) is 2.82. The lowest BCUT2D eigenvalue weighted by Crippen LogP contribution is -2.62. The number of hydrogen-bond donors (Lipinski definition) is 0. The Morgan fingerprint density at radius 2 is 1.46 bits per heavy atom. The number of anilines is 5. The molecule has 222 valence electrons. The van der Waals surface area contributed by atoms with Gasteiger partial charge in [-0.05, 0) is 102 Å². The molecule has 0 spiro atoms. The van der Waals surface area contributed by atoms with Crippen molar-refractivity contribution in [3.8, 4) is 0 Å². The zero-order valence-corrected chi connectivity index (χ0v) is 26.9. The van der Waals surface area contributed by atoms with Gasteiger partial charge in [0.25, 0.3) is 0 Å². The Kier molecular flexibility index (Phi) is 5.85. The van der Waals surface area contributed by atoms with Gasteiger partial charge < -0.3 is 9.80 Å². The number of hydrogen-bond acceptors (Lipinski definition) is 3. The summed E-state index contributed by atoms with van der Waals surface area (Å²) >= 11 is 1.97. The summed E-state index contributed by atoms with van der Waals surface area (Å²) in [5.41, 5.74) is 12.7. The lowest BCUT2D eigenvalue weighted by molar-refractivity contribution is 0.374. The van der Waals surface area contributed by atoms with Crippen LogP contribution >= 0.6 is 11.8 Å². The Morgan fingerprint density at radius 1 is 0.674 bits per heavy atom. The molecule has 1 aliphatic carbocycles. The molecule has 0 N–H and O–H groups in total. The average Bonchev–Trinajstić information content (AvgIpc) is 3.19. The fraction of sp³-hybridized carbons (Fsp3) is 0.190. The molecule has 2 nitrogen and oxygen atoms in total. The van der Waals surface area contributed by atoms with Crippen molar-refractivity contribution in [3.05, 3.63) is 133 Å². The molecule has 0 aromatic heterocycles. The predicted octanol–water partition coefficient (Wildman–Crippen LogP) is 9.56. The molecule has 4 aliphatic rings. The number of para-hydroxylation sites is 3. The standard InChI is InChI=1S/C42H35BN2S/c1-42-24-10-4-9-18-34(42)33-17-11-19-35-41(33)45(42)37-20-12-21-38-40(37)43(35)36-26-28-22-23-32(25-29(28)27-39(36)46-38)44(30-13-5-2-6-14-30)31-15-7-3-8-16-31/h2-3,5-8,11-17,19-23,25-27,34H,4,9-10,18,24H2,1H3. The lowest BCUT2D eigenvalue weighted by Gasteiger charge is -2.46. The van der Waals surface area contributed by atoms with Crippen molar-refractivity contribution in [2.24, 2.45) is 0 Å². The quantitative estimate of drug-likeness (QED) is 0.184. The fourth-order valence-corrected chi connectivity index (χ4v) is 10.5. The second-order valence-corrected chi connectivity index (χ2v) is 14.9. The van der Waals surface area contributed by atoms with Gasteiger partial charge in [-0.1, -0.05) is 109 Å². The summed E-state index contributed by atoms with van der Waals surface area (Å²) in [6, 6.07) is 47.7. The van der Waals surface area contributed by atoms with Crippen LogP contribution in [0.3, 0.4) is 0 Å². The van der Waals surface area contributed by atoms with Gasteiger partial charge in [-0.3, -0.25) is 0 Å². The number of rotatable bonds is 3. The van der Waals surface area contributed by atoms with Crippen molar-refractivity contribution in [2.75, 3.05) is 9.80 Å². The van der Waals surface area contributed by atoms with Crippen molar-refractivity contribution in [2.45, 2.75) is 60.3 Å². The van der Waals surface area contributed by atoms with E-state index in [4.69, 9.17) is 0 Å². The second kappa shape index (κ2) is 10.0. The summed E-state index contributed by atoms with van der Waals surface area (Å²) < 4.78 is 0. The van der Waals surface area contributed by atoms with E-state index in [0.29, 0.717) is 5.92 Å². The molecule has 3 heterocycles. The zero-order chi connectivity index (χ0) is 30.4. The van der Waals surface area contributed by atoms with Gasteiger partial charge in [-0.2, -0.15) is 0 Å². The summed E-state index contributed by atoms with van der Waals surface area (Å²) in [7, 11) is 0. The minimum Gasteiger partial charge on any atom is -0.336 e. The number of nitrogens with zero attached hydrogens (tertiary/aromatic N) is 2. The Balaban J connectivity index is 1.15. The molecule has 0 bridgehead atoms. The van der Waals surface area contributed by atoms with Crippen molar-refractivity contribution in [1.82, 2.24) is 0 Å². The third-order valence-corrected chi connectivity index (χ3v) is 12.4. The highest BCUT2D eigenvalue weighted by Crippen LogP contribution is 2.57. The highest BCUT2D eigenvalue weighted by molar-refractivity contribution is 8.00. The van der Waals surface area contributed by atoms with E-state index in [0.717, 1.165) is 11.4 Å². The molecule has 2 unspecified atom stereocenters. The van der Waals surface area contributed by atoms with Crippen LogP contribution in [0.4, 0.5) is 28.4 Å². The largest absolute Gasteiger partial charge is 0.336 e. The third kappa shape index (κ3) is 3.74. The highest BCUT2D eigenvalue weighted by atomic mass is 32.2. The van der Waals surface area contributed by atoms with Gasteiger partial charge in [0.2, 0.25) is 6.71 Å². The first-order valence-electron chi connectivity index (χ1n) is 16.9. The average molecular weight is 611 g/mol. The lowest BCUT2D eigenvalue weighted by atomic mass is 9.34. The van der Waals surface area contributed by atoms with Crippen LogP contribution in [0.15, 0.2) is 137 Å². The smallest absolute Gasteiger partial charge is 0.249 e. The molecule has 2 atom stereocenters. The van der Waals surface area contributed by atoms with Gasteiger partial charge in [0, 0.05) is 49.7 Å². The molecule has 46 heavy (non-hydrogen) atoms. The minimum atomic E-state index is 0.142. The molecular formula is C42H35BN2S. The molecular weight excluding hydrogens is 575 g/mol. The SMILES string of the molecule is CC12CCCCCC1c1cccc3c1N2c1cccc2c1B3c1cc3ccc(N(c4ccccc4)c4ccccc4)cc3cc1S2. The van der Waals surface area contributed by atoms with Crippen LogP contribution in [0.5, 0.6) is 0 Å². The third-order valence-electron chi connectivity index (χ3n) is 11.3. The molecule has 0 amide bonds. The Morgan fingerprint density at radius 3 is 2.26 bits per heavy atom. The Labute approximate surface area is 276 Å². The van der Waals surface area contributed by atoms with Crippen molar-refractivity contribution >= 4 is 74.1 Å². The van der Waals surface area contributed by atoms with Crippen LogP contribution in [-0.2, 0) is 0 Å². The van der Waals surface area contributed by atoms with Gasteiger partial charge in [0.15, 0.2) is 0 Å². The van der Waals surface area contributed by atoms with E-state index in [1.54, 1.807) is 5.56 Å². The van der Waals surface area contributed by atoms with Gasteiger partial charge in [-0.25, -0.2) is 0 Å². The first-order chi connectivity index (χ1) is 22.7. The number of fused-ring (bicyclic) bond motifs is 8. The van der Waals surface area contributed by atoms with Crippen LogP contribution < -0.4 is 26.2 Å². The van der Waals surface area contributed by atoms with E-state index in [2.05, 4.69) is 144 Å². The maximum absolute atomic E-state index is 2.81. The summed E-state index contributed by atoms with van der Waals surface area (Å²) in [6.07, 6.45) is 6.58. The molecule has 0 radical (unpaired) electrons. The van der Waals surface area contributed by atoms with Crippen LogP contribution in [0.2, 0.25) is 0 Å². The first-order valence-corrected chi connectivity index (χ1v) is 17.7. The van der Waals surface area contributed by atoms with E-state index in [-0.39, 0.29) is 12.3 Å². The van der Waals surface area contributed by atoms with E-state index < -0.39 is 0 Å². The maximum atomic E-state index is 2.81. The fourth-order valence-electron chi connectivity index (χ4n) is 9.29. The Bertz CT molecular complexity index is 2120. The highest BCUT2D eigenvalue weighted by Gasteiger charge is 2.54. The Hall–Kier alpha value is -4.41. The molecule has 1 fully saturated rings. The predicted molar refractivity (Wildman–Crippen MR) is 197 cm³/mol. The maximum Gasteiger partial charge on any atom is 0.249 e. The summed E-state index contributed by atoms with van der Waals surface area (Å²) in [4.78, 5) is 7.97. The van der Waals surface area contributed by atoms with Crippen molar-refractivity contribution in [3.63, 3.8) is 0 Å². The molecule has 10 rings (SSSR count). The van der Waals surface area contributed by atoms with Gasteiger partial charge in [0.05, 0.1) is 0 Å². The first kappa shape index (κ1) is 26.8. The van der Waals surface area contributed by atoms with E-state index in [9.17, 15) is 0 Å². The van der Waals surface area contributed by atoms with Gasteiger partial charge >= 0.3 is 0 Å². The van der Waals surface area contributed by atoms with Crippen LogP contribution in [-0.4, -0.2) is 12.3 Å². The molecule has 3 aliphatic heterocycles. The van der Waals surface area contributed by atoms with Gasteiger partial charge in [0.1, 0.15) is 0 Å². The zero-order valence-electron chi connectivity index (χ0n) is 26.1. The molecule has 4 heteroatoms. The van der Waals surface area contributed by atoms with Crippen LogP contribution in [0, 0.1) is 0 Å². The van der Waals surface area contributed by atoms with Crippen molar-refractivity contribution in [1.29, 1.82) is 0 Å². The second-order valence-electron chi connectivity index (χ2n) is 13.8.